The molecule has 0 aliphatic rings. The SMILES string of the molecule is CC(CCl)N(CCCl)Cc1ccccc1. The van der Waals surface area contributed by atoms with E-state index in [9.17, 15) is 0 Å². The van der Waals surface area contributed by atoms with Gasteiger partial charge in [-0.05, 0) is 12.5 Å². The molecule has 0 saturated heterocycles. The zero-order valence-electron chi connectivity index (χ0n) is 9.00. The van der Waals surface area contributed by atoms with Crippen LogP contribution in [0.25, 0.3) is 0 Å². The third-order valence-electron chi connectivity index (χ3n) is 2.45. The van der Waals surface area contributed by atoms with Gasteiger partial charge in [-0.2, -0.15) is 0 Å². The van der Waals surface area contributed by atoms with Crippen molar-refractivity contribution in [1.82, 2.24) is 4.90 Å². The molecule has 0 N–H and O–H groups in total. The van der Waals surface area contributed by atoms with Gasteiger partial charge >= 0.3 is 0 Å². The molecule has 0 spiro atoms. The molecular weight excluding hydrogens is 229 g/mol. The molecule has 0 aromatic heterocycles. The standard InChI is InChI=1S/C12H17Cl2N/c1-11(9-14)15(8-7-13)10-12-5-3-2-4-6-12/h2-6,11H,7-10H2,1H3. The van der Waals surface area contributed by atoms with Crippen LogP contribution in [-0.4, -0.2) is 29.2 Å². The zero-order chi connectivity index (χ0) is 11.1. The van der Waals surface area contributed by atoms with Gasteiger partial charge in [-0.15, -0.1) is 23.2 Å². The number of alkyl halides is 2. The van der Waals surface area contributed by atoms with Crippen LogP contribution in [-0.2, 0) is 6.54 Å². The van der Waals surface area contributed by atoms with Gasteiger partial charge in [-0.1, -0.05) is 30.3 Å². The summed E-state index contributed by atoms with van der Waals surface area (Å²) in [5.41, 5.74) is 1.31. The molecule has 0 amide bonds. The topological polar surface area (TPSA) is 3.24 Å². The average Bonchev–Trinajstić information content (AvgIpc) is 2.29. The van der Waals surface area contributed by atoms with Crippen LogP contribution in [0.1, 0.15) is 12.5 Å². The second-order valence-corrected chi connectivity index (χ2v) is 4.33. The molecule has 84 valence electrons. The first-order chi connectivity index (χ1) is 7.27. The first-order valence-corrected chi connectivity index (χ1v) is 6.24. The highest BCUT2D eigenvalue weighted by Gasteiger charge is 2.12. The zero-order valence-corrected chi connectivity index (χ0v) is 10.5. The maximum Gasteiger partial charge on any atom is 0.0377 e. The molecule has 1 nitrogen and oxygen atoms in total. The number of rotatable bonds is 6. The van der Waals surface area contributed by atoms with Crippen LogP contribution < -0.4 is 0 Å². The summed E-state index contributed by atoms with van der Waals surface area (Å²) in [7, 11) is 0. The summed E-state index contributed by atoms with van der Waals surface area (Å²) in [6.45, 7) is 3.92. The first-order valence-electron chi connectivity index (χ1n) is 5.18. The molecule has 1 aromatic carbocycles. The van der Waals surface area contributed by atoms with Gasteiger partial charge in [0.1, 0.15) is 0 Å². The lowest BCUT2D eigenvalue weighted by atomic mass is 10.2. The van der Waals surface area contributed by atoms with E-state index >= 15 is 0 Å². The number of hydrogen-bond acceptors (Lipinski definition) is 1. The Morgan fingerprint density at radius 1 is 1.20 bits per heavy atom. The van der Waals surface area contributed by atoms with Crippen molar-refractivity contribution >= 4 is 23.2 Å². The Balaban J connectivity index is 2.58. The van der Waals surface area contributed by atoms with Crippen LogP contribution in [0.2, 0.25) is 0 Å². The summed E-state index contributed by atoms with van der Waals surface area (Å²) in [6, 6.07) is 10.8. The van der Waals surface area contributed by atoms with Crippen LogP contribution >= 0.6 is 23.2 Å². The summed E-state index contributed by atoms with van der Waals surface area (Å²) in [4.78, 5) is 2.30. The smallest absolute Gasteiger partial charge is 0.0377 e. The van der Waals surface area contributed by atoms with E-state index in [-0.39, 0.29) is 0 Å². The number of nitrogens with zero attached hydrogens (tertiary/aromatic N) is 1. The van der Waals surface area contributed by atoms with E-state index in [0.29, 0.717) is 17.8 Å². The minimum absolute atomic E-state index is 0.366. The normalized spacial score (nSPS) is 13.1. The minimum Gasteiger partial charge on any atom is -0.294 e. The van der Waals surface area contributed by atoms with Gasteiger partial charge in [0.2, 0.25) is 0 Å². The fourth-order valence-corrected chi connectivity index (χ4v) is 1.89. The third kappa shape index (κ3) is 4.42. The molecule has 0 heterocycles. The van der Waals surface area contributed by atoms with Gasteiger partial charge in [0.05, 0.1) is 0 Å². The van der Waals surface area contributed by atoms with Crippen molar-refractivity contribution < 1.29 is 0 Å². The van der Waals surface area contributed by atoms with Crippen LogP contribution in [0, 0.1) is 0 Å². The minimum atomic E-state index is 0.366. The van der Waals surface area contributed by atoms with Gasteiger partial charge in [0.15, 0.2) is 0 Å². The van der Waals surface area contributed by atoms with E-state index in [4.69, 9.17) is 23.2 Å². The molecule has 0 radical (unpaired) electrons. The van der Waals surface area contributed by atoms with Crippen molar-refractivity contribution in [3.05, 3.63) is 35.9 Å². The Labute approximate surface area is 102 Å². The highest BCUT2D eigenvalue weighted by molar-refractivity contribution is 6.18. The second-order valence-electron chi connectivity index (χ2n) is 3.65. The molecule has 3 heteroatoms. The average molecular weight is 246 g/mol. The van der Waals surface area contributed by atoms with Crippen LogP contribution in [0.3, 0.4) is 0 Å². The first kappa shape index (κ1) is 12.8. The largest absolute Gasteiger partial charge is 0.294 e. The Morgan fingerprint density at radius 3 is 2.40 bits per heavy atom. The maximum absolute atomic E-state index is 5.86. The Kier molecular flexibility index (Phi) is 6.07. The highest BCUT2D eigenvalue weighted by atomic mass is 35.5. The third-order valence-corrected chi connectivity index (χ3v) is 3.06. The molecule has 1 aromatic rings. The molecule has 0 saturated carbocycles. The van der Waals surface area contributed by atoms with Gasteiger partial charge < -0.3 is 0 Å². The quantitative estimate of drug-likeness (QED) is 0.696. The molecule has 0 bridgehead atoms. The molecule has 0 aliphatic carbocycles. The second kappa shape index (κ2) is 7.10. The number of benzene rings is 1. The molecule has 0 aliphatic heterocycles. The van der Waals surface area contributed by atoms with Crippen molar-refractivity contribution in [2.45, 2.75) is 19.5 Å². The Bertz CT molecular complexity index is 264. The number of hydrogen-bond donors (Lipinski definition) is 0. The lowest BCUT2D eigenvalue weighted by molar-refractivity contribution is 0.229. The highest BCUT2D eigenvalue weighted by Crippen LogP contribution is 2.09. The van der Waals surface area contributed by atoms with Crippen molar-refractivity contribution in [3.8, 4) is 0 Å². The number of halogens is 2. The fourth-order valence-electron chi connectivity index (χ4n) is 1.48. The van der Waals surface area contributed by atoms with Crippen molar-refractivity contribution in [2.24, 2.45) is 0 Å². The molecule has 0 fully saturated rings. The van der Waals surface area contributed by atoms with Crippen molar-refractivity contribution in [3.63, 3.8) is 0 Å². The van der Waals surface area contributed by atoms with Crippen molar-refractivity contribution in [1.29, 1.82) is 0 Å². The maximum atomic E-state index is 5.86. The Morgan fingerprint density at radius 2 is 1.87 bits per heavy atom. The monoisotopic (exact) mass is 245 g/mol. The van der Waals surface area contributed by atoms with Gasteiger partial charge in [-0.25, -0.2) is 0 Å². The summed E-state index contributed by atoms with van der Waals surface area (Å²) in [5.74, 6) is 1.29. The van der Waals surface area contributed by atoms with Crippen molar-refractivity contribution in [2.75, 3.05) is 18.3 Å². The van der Waals surface area contributed by atoms with E-state index in [0.717, 1.165) is 13.1 Å². The van der Waals surface area contributed by atoms with E-state index in [2.05, 4.69) is 36.1 Å². The lowest BCUT2D eigenvalue weighted by Gasteiger charge is -2.26. The summed E-state index contributed by atoms with van der Waals surface area (Å²) in [5, 5.41) is 0. The molecular formula is C12H17Cl2N. The van der Waals surface area contributed by atoms with E-state index < -0.39 is 0 Å². The van der Waals surface area contributed by atoms with Crippen LogP contribution in [0.4, 0.5) is 0 Å². The molecule has 1 atom stereocenters. The predicted molar refractivity (Wildman–Crippen MR) is 67.8 cm³/mol. The molecule has 1 rings (SSSR count). The van der Waals surface area contributed by atoms with Gasteiger partial charge in [0, 0.05) is 30.9 Å². The van der Waals surface area contributed by atoms with E-state index in [1.54, 1.807) is 0 Å². The lowest BCUT2D eigenvalue weighted by Crippen LogP contribution is -2.35. The van der Waals surface area contributed by atoms with Crippen LogP contribution in [0.5, 0.6) is 0 Å². The summed E-state index contributed by atoms with van der Waals surface area (Å²) in [6.07, 6.45) is 0. The fraction of sp³-hybridized carbons (Fsp3) is 0.500. The molecule has 15 heavy (non-hydrogen) atoms. The van der Waals surface area contributed by atoms with Crippen LogP contribution in [0.15, 0.2) is 30.3 Å². The van der Waals surface area contributed by atoms with E-state index in [1.165, 1.54) is 5.56 Å². The predicted octanol–water partition coefficient (Wildman–Crippen LogP) is 3.35. The molecule has 1 unspecified atom stereocenters. The summed E-state index contributed by atoms with van der Waals surface area (Å²) >= 11 is 11.6. The Hall–Kier alpha value is -0.240. The van der Waals surface area contributed by atoms with E-state index in [1.807, 2.05) is 6.07 Å². The van der Waals surface area contributed by atoms with Gasteiger partial charge in [-0.3, -0.25) is 4.90 Å². The summed E-state index contributed by atoms with van der Waals surface area (Å²) < 4.78 is 0. The van der Waals surface area contributed by atoms with Gasteiger partial charge in [0.25, 0.3) is 0 Å².